The molecule has 24 heavy (non-hydrogen) atoms. The van der Waals surface area contributed by atoms with Gasteiger partial charge in [0.05, 0.1) is 5.39 Å². The summed E-state index contributed by atoms with van der Waals surface area (Å²) >= 11 is 1.80. The third-order valence-corrected chi connectivity index (χ3v) is 5.95. The Hall–Kier alpha value is -2.47. The van der Waals surface area contributed by atoms with Crippen LogP contribution < -0.4 is 0 Å². The molecular weight excluding hydrogens is 320 g/mol. The molecule has 1 unspecified atom stereocenters. The minimum absolute atomic E-state index is 0.243. The van der Waals surface area contributed by atoms with Gasteiger partial charge in [-0.05, 0) is 55.0 Å². The molecule has 5 rings (SSSR count). The molecule has 6 heteroatoms. The molecule has 0 fully saturated rings. The topological polar surface area (TPSA) is 63.3 Å². The fraction of sp³-hybridized carbons (Fsp3) is 0.278. The summed E-state index contributed by atoms with van der Waals surface area (Å²) in [5.74, 6) is 1.61. The molecule has 1 aliphatic rings. The quantitative estimate of drug-likeness (QED) is 0.574. The van der Waals surface area contributed by atoms with Crippen LogP contribution in [-0.2, 0) is 12.8 Å². The molecule has 1 atom stereocenters. The molecule has 0 bridgehead atoms. The second-order valence-electron chi connectivity index (χ2n) is 6.53. The van der Waals surface area contributed by atoms with Gasteiger partial charge in [-0.2, -0.15) is 0 Å². The van der Waals surface area contributed by atoms with Crippen molar-refractivity contribution in [3.05, 3.63) is 41.0 Å². The van der Waals surface area contributed by atoms with Crippen LogP contribution in [0.25, 0.3) is 27.3 Å². The van der Waals surface area contributed by atoms with Gasteiger partial charge in [-0.3, -0.25) is 0 Å². The normalized spacial score (nSPS) is 17.5. The first-order valence-corrected chi connectivity index (χ1v) is 8.96. The van der Waals surface area contributed by atoms with Crippen LogP contribution in [0.4, 0.5) is 0 Å². The molecule has 1 N–H and O–H groups in total. The fourth-order valence-electron chi connectivity index (χ4n) is 3.48. The first-order valence-electron chi connectivity index (χ1n) is 8.14. The molecule has 1 aromatic carbocycles. The number of benzene rings is 1. The minimum atomic E-state index is 0.243. The molecule has 4 aromatic rings. The highest BCUT2D eigenvalue weighted by molar-refractivity contribution is 7.19. The Morgan fingerprint density at radius 2 is 2.08 bits per heavy atom. The monoisotopic (exact) mass is 336 g/mol. The Bertz CT molecular complexity index is 1060. The van der Waals surface area contributed by atoms with Crippen LogP contribution in [0.15, 0.2) is 30.6 Å². The number of fused-ring (bicyclic) bond motifs is 5. The Labute approximate surface area is 142 Å². The molecular formula is C18H16N4OS. The minimum Gasteiger partial charge on any atom is -0.508 e. The van der Waals surface area contributed by atoms with Crippen LogP contribution in [0, 0.1) is 5.92 Å². The van der Waals surface area contributed by atoms with Gasteiger partial charge in [-0.25, -0.2) is 14.5 Å². The molecule has 0 aliphatic heterocycles. The van der Waals surface area contributed by atoms with E-state index in [9.17, 15) is 5.11 Å². The van der Waals surface area contributed by atoms with Crippen molar-refractivity contribution in [2.24, 2.45) is 5.92 Å². The van der Waals surface area contributed by atoms with Crippen molar-refractivity contribution >= 4 is 27.2 Å². The summed E-state index contributed by atoms with van der Waals surface area (Å²) in [6.07, 6.45) is 5.24. The van der Waals surface area contributed by atoms with Crippen LogP contribution in [0.2, 0.25) is 0 Å². The third-order valence-electron chi connectivity index (χ3n) is 4.75. The van der Waals surface area contributed by atoms with Crippen molar-refractivity contribution in [2.75, 3.05) is 0 Å². The highest BCUT2D eigenvalue weighted by Gasteiger charge is 2.23. The molecule has 0 saturated heterocycles. The van der Waals surface area contributed by atoms with Crippen molar-refractivity contribution in [3.63, 3.8) is 0 Å². The highest BCUT2D eigenvalue weighted by atomic mass is 32.1. The van der Waals surface area contributed by atoms with E-state index in [1.165, 1.54) is 22.2 Å². The van der Waals surface area contributed by atoms with Crippen LogP contribution in [0.1, 0.15) is 23.8 Å². The second kappa shape index (κ2) is 5.01. The maximum atomic E-state index is 9.46. The van der Waals surface area contributed by atoms with Crippen molar-refractivity contribution in [1.29, 1.82) is 0 Å². The molecule has 1 aliphatic carbocycles. The van der Waals surface area contributed by atoms with E-state index in [4.69, 9.17) is 4.98 Å². The molecule has 3 heterocycles. The van der Waals surface area contributed by atoms with Crippen molar-refractivity contribution in [3.8, 4) is 17.1 Å². The molecule has 0 radical (unpaired) electrons. The van der Waals surface area contributed by atoms with Gasteiger partial charge in [0.2, 0.25) is 0 Å². The van der Waals surface area contributed by atoms with E-state index < -0.39 is 0 Å². The first kappa shape index (κ1) is 13.9. The molecule has 0 spiro atoms. The van der Waals surface area contributed by atoms with Crippen molar-refractivity contribution in [1.82, 2.24) is 19.6 Å². The number of phenolic OH excluding ortho intramolecular Hbond substituents is 1. The van der Waals surface area contributed by atoms with Gasteiger partial charge < -0.3 is 5.11 Å². The summed E-state index contributed by atoms with van der Waals surface area (Å²) < 4.78 is 1.77. The smallest absolute Gasteiger partial charge is 0.182 e. The second-order valence-corrected chi connectivity index (χ2v) is 7.61. The molecule has 5 nitrogen and oxygen atoms in total. The lowest BCUT2D eigenvalue weighted by Crippen LogP contribution is -2.09. The average molecular weight is 336 g/mol. The summed E-state index contributed by atoms with van der Waals surface area (Å²) in [6.45, 7) is 2.31. The van der Waals surface area contributed by atoms with Crippen LogP contribution in [0.3, 0.4) is 0 Å². The lowest BCUT2D eigenvalue weighted by atomic mass is 9.89. The zero-order chi connectivity index (χ0) is 16.3. The largest absolute Gasteiger partial charge is 0.508 e. The van der Waals surface area contributed by atoms with E-state index in [0.29, 0.717) is 11.7 Å². The number of nitrogens with zero attached hydrogens (tertiary/aromatic N) is 4. The van der Waals surface area contributed by atoms with Gasteiger partial charge in [0.25, 0.3) is 0 Å². The van der Waals surface area contributed by atoms with Crippen molar-refractivity contribution in [2.45, 2.75) is 26.2 Å². The number of hydrogen-bond acceptors (Lipinski definition) is 5. The zero-order valence-corrected chi connectivity index (χ0v) is 14.0. The summed E-state index contributed by atoms with van der Waals surface area (Å²) in [6, 6.07) is 6.98. The number of thiophene rings is 1. The van der Waals surface area contributed by atoms with Crippen LogP contribution in [0.5, 0.6) is 5.75 Å². The SMILES string of the molecule is CC1CCc2sc3ncn4nc(-c5ccc(O)cc5)nc4c3c2C1. The van der Waals surface area contributed by atoms with Crippen LogP contribution in [-0.4, -0.2) is 24.7 Å². The molecule has 0 amide bonds. The highest BCUT2D eigenvalue weighted by Crippen LogP contribution is 2.38. The van der Waals surface area contributed by atoms with Gasteiger partial charge in [0.1, 0.15) is 16.9 Å². The summed E-state index contributed by atoms with van der Waals surface area (Å²) in [4.78, 5) is 11.9. The Morgan fingerprint density at radius 1 is 1.25 bits per heavy atom. The third kappa shape index (κ3) is 2.03. The fourth-order valence-corrected chi connectivity index (χ4v) is 4.66. The molecule has 120 valence electrons. The zero-order valence-electron chi connectivity index (χ0n) is 13.2. The average Bonchev–Trinajstić information content (AvgIpc) is 3.15. The van der Waals surface area contributed by atoms with Gasteiger partial charge >= 0.3 is 0 Å². The van der Waals surface area contributed by atoms with Crippen LogP contribution >= 0.6 is 11.3 Å². The van der Waals surface area contributed by atoms with E-state index in [0.717, 1.165) is 28.9 Å². The molecule has 3 aromatic heterocycles. The first-order chi connectivity index (χ1) is 11.7. The van der Waals surface area contributed by atoms with Gasteiger partial charge in [0.15, 0.2) is 11.5 Å². The Kier molecular flexibility index (Phi) is 2.91. The number of phenols is 1. The van der Waals surface area contributed by atoms with E-state index >= 15 is 0 Å². The number of aryl methyl sites for hydroxylation is 1. The lowest BCUT2D eigenvalue weighted by molar-refractivity contribution is 0.475. The predicted molar refractivity (Wildman–Crippen MR) is 94.5 cm³/mol. The predicted octanol–water partition coefficient (Wildman–Crippen LogP) is 3.84. The van der Waals surface area contributed by atoms with Crippen molar-refractivity contribution < 1.29 is 5.11 Å². The number of aromatic hydroxyl groups is 1. The van der Waals surface area contributed by atoms with E-state index in [-0.39, 0.29) is 5.75 Å². The summed E-state index contributed by atoms with van der Waals surface area (Å²) in [7, 11) is 0. The van der Waals surface area contributed by atoms with E-state index in [1.54, 1.807) is 34.3 Å². The number of rotatable bonds is 1. The van der Waals surface area contributed by atoms with E-state index in [1.807, 2.05) is 12.1 Å². The Balaban J connectivity index is 1.75. The van der Waals surface area contributed by atoms with Gasteiger partial charge in [-0.15, -0.1) is 16.4 Å². The molecule has 0 saturated carbocycles. The number of aromatic nitrogens is 4. The van der Waals surface area contributed by atoms with Gasteiger partial charge in [-0.1, -0.05) is 6.92 Å². The number of hydrogen-bond donors (Lipinski definition) is 1. The van der Waals surface area contributed by atoms with E-state index in [2.05, 4.69) is 17.0 Å². The maximum Gasteiger partial charge on any atom is 0.182 e. The lowest BCUT2D eigenvalue weighted by Gasteiger charge is -2.17. The Morgan fingerprint density at radius 3 is 2.92 bits per heavy atom. The standard InChI is InChI=1S/C18H16N4OS/c1-10-2-7-14-13(8-10)15-17-20-16(11-3-5-12(23)6-4-11)21-22(17)9-19-18(15)24-14/h3-6,9-10,23H,2,7-8H2,1H3. The summed E-state index contributed by atoms with van der Waals surface area (Å²) in [5, 5.41) is 15.2. The van der Waals surface area contributed by atoms with Gasteiger partial charge in [0, 0.05) is 10.4 Å². The maximum absolute atomic E-state index is 9.46. The summed E-state index contributed by atoms with van der Waals surface area (Å²) in [5.41, 5.74) is 3.19.